The van der Waals surface area contributed by atoms with Crippen LogP contribution in [-0.2, 0) is 14.1 Å². The van der Waals surface area contributed by atoms with E-state index in [0.717, 1.165) is 64.8 Å². The highest BCUT2D eigenvalue weighted by Crippen LogP contribution is 2.14. The van der Waals surface area contributed by atoms with Gasteiger partial charge in [-0.25, -0.2) is 34.9 Å². The van der Waals surface area contributed by atoms with Crippen LogP contribution in [0.1, 0.15) is 51.4 Å². The summed E-state index contributed by atoms with van der Waals surface area (Å²) < 4.78 is 16.1. The monoisotopic (exact) mass is 1050 g/mol. The molecule has 0 bridgehead atoms. The molecule has 20 heteroatoms. The predicted molar refractivity (Wildman–Crippen MR) is 234 cm³/mol. The molecular formula is C35H46Br4N12O2S2. The van der Waals surface area contributed by atoms with Gasteiger partial charge in [0.05, 0.1) is 40.9 Å². The van der Waals surface area contributed by atoms with Crippen LogP contribution in [0.3, 0.4) is 0 Å². The lowest BCUT2D eigenvalue weighted by atomic mass is 10.6. The zero-order valence-corrected chi connectivity index (χ0v) is 40.4. The van der Waals surface area contributed by atoms with Crippen molar-refractivity contribution in [2.24, 2.45) is 14.1 Å². The Balaban J connectivity index is 0.000000315. The van der Waals surface area contributed by atoms with E-state index in [-0.39, 0.29) is 0 Å². The first-order chi connectivity index (χ1) is 25.9. The number of hydrogen-bond donors (Lipinski definition) is 2. The first-order valence-corrected chi connectivity index (χ1v) is 21.0. The van der Waals surface area contributed by atoms with Gasteiger partial charge in [0.25, 0.3) is 4.80 Å². The Bertz CT molecular complexity index is 1760. The number of aromatic amines is 2. The van der Waals surface area contributed by atoms with Gasteiger partial charge in [-0.3, -0.25) is 4.98 Å². The van der Waals surface area contributed by atoms with Crippen molar-refractivity contribution in [3.63, 3.8) is 0 Å². The second-order valence-corrected chi connectivity index (χ2v) is 16.1. The molecule has 8 aromatic heterocycles. The molecule has 0 fully saturated rings. The average molecular weight is 1050 g/mol. The van der Waals surface area contributed by atoms with Crippen molar-refractivity contribution in [1.29, 1.82) is 0 Å². The average Bonchev–Trinajstić information content (AvgIpc) is 3.98. The summed E-state index contributed by atoms with van der Waals surface area (Å²) in [5, 5.41) is 4.02. The third-order valence-corrected chi connectivity index (χ3v) is 9.24. The topological polar surface area (TPSA) is 171 Å². The van der Waals surface area contributed by atoms with E-state index in [1.165, 1.54) is 0 Å². The van der Waals surface area contributed by atoms with Gasteiger partial charge in [0.2, 0.25) is 0 Å². The van der Waals surface area contributed by atoms with Gasteiger partial charge in [0.1, 0.15) is 12.5 Å². The minimum atomic E-state index is 0.546. The SMILES string of the molecule is Cc1cn(C)c(Br)n1.Cc1cn(C)cn1.Cc1cnc(Br)[nH]1.Cc1cnc[nH]1.Cc1coc(Br)n1.Cc1coc(C)n1.Cc1csc(Br)n1.Cc1cscn1. The number of aryl methyl sites for hydroxylation is 11. The van der Waals surface area contributed by atoms with Crippen LogP contribution in [0.15, 0.2) is 93.3 Å². The summed E-state index contributed by atoms with van der Waals surface area (Å²) in [4.78, 5) is 37.9. The van der Waals surface area contributed by atoms with Crippen LogP contribution in [0.25, 0.3) is 0 Å². The highest BCUT2D eigenvalue weighted by atomic mass is 79.9. The van der Waals surface area contributed by atoms with Crippen molar-refractivity contribution >= 4 is 86.4 Å². The number of hydrogen-bond acceptors (Lipinski definition) is 12. The second kappa shape index (κ2) is 27.9. The zero-order chi connectivity index (χ0) is 41.3. The van der Waals surface area contributed by atoms with E-state index in [4.69, 9.17) is 8.83 Å². The molecule has 8 rings (SSSR count). The van der Waals surface area contributed by atoms with Crippen molar-refractivity contribution in [3.8, 4) is 0 Å². The standard InChI is InChI=1S/C5H7BrN2.C5H8N2.C5H7NO.C4H5BrN2.C4H4BrNO.C4H4BrNS.C4H6N2.C4H5NS/c1-4-3-8(2)5(6)7-4;1-5-3-7(2)4-6-5;1-4-3-7-5(2)6-4;1-3-2-6-4(5)7-3;2*1-3-2-7-4(5)6-3;1-4-2-5-3-6-4;1-4-2-6-3-5-4/h3H,1-2H3;3-4H,1-2H3;3H,1-2H3;2H,1H3,(H,6,7);2*2H,1H3;2-3H,1H3,(H,5,6);2-3H,1H3. The van der Waals surface area contributed by atoms with E-state index >= 15 is 0 Å². The third kappa shape index (κ3) is 26.0. The van der Waals surface area contributed by atoms with Crippen molar-refractivity contribution in [1.82, 2.24) is 59.0 Å². The lowest BCUT2D eigenvalue weighted by molar-refractivity contribution is 0.521. The van der Waals surface area contributed by atoms with E-state index in [1.807, 2.05) is 114 Å². The summed E-state index contributed by atoms with van der Waals surface area (Å²) in [7, 11) is 3.91. The van der Waals surface area contributed by atoms with Gasteiger partial charge in [-0.2, -0.15) is 0 Å². The summed E-state index contributed by atoms with van der Waals surface area (Å²) in [6.45, 7) is 17.4. The zero-order valence-electron chi connectivity index (χ0n) is 32.5. The van der Waals surface area contributed by atoms with Crippen LogP contribution in [-0.4, -0.2) is 59.0 Å². The van der Waals surface area contributed by atoms with Gasteiger partial charge in [-0.1, -0.05) is 0 Å². The molecule has 0 saturated heterocycles. The molecule has 0 spiro atoms. The van der Waals surface area contributed by atoms with E-state index in [9.17, 15) is 0 Å². The molecule has 2 N–H and O–H groups in total. The van der Waals surface area contributed by atoms with Crippen LogP contribution in [0.5, 0.6) is 0 Å². The van der Waals surface area contributed by atoms with Crippen molar-refractivity contribution in [2.45, 2.75) is 62.3 Å². The molecule has 298 valence electrons. The molecule has 0 radical (unpaired) electrons. The van der Waals surface area contributed by atoms with Crippen molar-refractivity contribution in [2.75, 3.05) is 0 Å². The van der Waals surface area contributed by atoms with Gasteiger partial charge in [0.15, 0.2) is 19.3 Å². The number of nitrogens with zero attached hydrogens (tertiary/aromatic N) is 10. The Morgan fingerprint density at radius 1 is 0.655 bits per heavy atom. The number of H-pyrrole nitrogens is 2. The normalized spacial score (nSPS) is 9.36. The lowest BCUT2D eigenvalue weighted by Gasteiger charge is -1.85. The second-order valence-electron chi connectivity index (χ2n) is 11.2. The molecule has 8 heterocycles. The summed E-state index contributed by atoms with van der Waals surface area (Å²) in [6.07, 6.45) is 14.2. The maximum Gasteiger partial charge on any atom is 0.264 e. The van der Waals surface area contributed by atoms with Gasteiger partial charge < -0.3 is 27.9 Å². The van der Waals surface area contributed by atoms with Crippen LogP contribution in [0, 0.1) is 62.3 Å². The number of imidazole rings is 4. The number of rotatable bonds is 0. The number of nitrogens with one attached hydrogen (secondary N) is 2. The molecule has 55 heavy (non-hydrogen) atoms. The summed E-state index contributed by atoms with van der Waals surface area (Å²) in [6, 6.07) is 0. The number of thiazole rings is 2. The van der Waals surface area contributed by atoms with Gasteiger partial charge in [-0.05, 0) is 103 Å². The molecule has 8 aromatic rings. The molecule has 0 unspecified atom stereocenters. The summed E-state index contributed by atoms with van der Waals surface area (Å²) in [5.41, 5.74) is 10.2. The van der Waals surface area contributed by atoms with Crippen LogP contribution in [0.4, 0.5) is 0 Å². The fourth-order valence-electron chi connectivity index (χ4n) is 3.23. The molecule has 0 atom stereocenters. The minimum Gasteiger partial charge on any atom is -0.449 e. The molecular weight excluding hydrogens is 1000 g/mol. The smallest absolute Gasteiger partial charge is 0.264 e. The van der Waals surface area contributed by atoms with Crippen molar-refractivity contribution < 1.29 is 8.83 Å². The Labute approximate surface area is 363 Å². The predicted octanol–water partition coefficient (Wildman–Crippen LogP) is 11.1. The molecule has 14 nitrogen and oxygen atoms in total. The van der Waals surface area contributed by atoms with Crippen LogP contribution >= 0.6 is 86.4 Å². The maximum absolute atomic E-state index is 4.85. The highest BCUT2D eigenvalue weighted by molar-refractivity contribution is 9.11. The minimum absolute atomic E-state index is 0.546. The third-order valence-electron chi connectivity index (χ3n) is 5.55. The largest absolute Gasteiger partial charge is 0.449 e. The molecule has 0 aliphatic carbocycles. The number of oxazole rings is 2. The first kappa shape index (κ1) is 49.5. The van der Waals surface area contributed by atoms with E-state index in [1.54, 1.807) is 60.2 Å². The fourth-order valence-corrected chi connectivity index (χ4v) is 6.02. The van der Waals surface area contributed by atoms with Crippen LogP contribution < -0.4 is 0 Å². The first-order valence-electron chi connectivity index (χ1n) is 16.0. The van der Waals surface area contributed by atoms with E-state index < -0.39 is 0 Å². The Morgan fingerprint density at radius 3 is 1.49 bits per heavy atom. The maximum atomic E-state index is 4.85. The molecule has 0 aliphatic rings. The molecule has 0 saturated carbocycles. The lowest BCUT2D eigenvalue weighted by Crippen LogP contribution is -1.82. The Hall–Kier alpha value is -3.56. The summed E-state index contributed by atoms with van der Waals surface area (Å²) >= 11 is 16.0. The summed E-state index contributed by atoms with van der Waals surface area (Å²) in [5.74, 6) is 0.734. The van der Waals surface area contributed by atoms with Gasteiger partial charge in [0, 0.05) is 95.3 Å². The Morgan fingerprint density at radius 2 is 1.35 bits per heavy atom. The Kier molecular flexibility index (Phi) is 25.1. The molecule has 0 amide bonds. The molecule has 0 aliphatic heterocycles. The molecule has 0 aromatic carbocycles. The van der Waals surface area contributed by atoms with Gasteiger partial charge >= 0.3 is 0 Å². The van der Waals surface area contributed by atoms with E-state index in [2.05, 4.69) is 114 Å². The number of halogens is 4. The fraction of sp³-hybridized carbons (Fsp3) is 0.314. The number of aromatic nitrogens is 12. The highest BCUT2D eigenvalue weighted by Gasteiger charge is 1.94. The van der Waals surface area contributed by atoms with E-state index in [0.29, 0.717) is 4.80 Å². The quantitative estimate of drug-likeness (QED) is 0.149. The van der Waals surface area contributed by atoms with Crippen LogP contribution in [0.2, 0.25) is 0 Å². The van der Waals surface area contributed by atoms with Crippen molar-refractivity contribution in [3.05, 3.63) is 136 Å². The van der Waals surface area contributed by atoms with Gasteiger partial charge in [-0.15, -0.1) is 22.7 Å².